The molecule has 19 heavy (non-hydrogen) atoms. The molecule has 2 fully saturated rings. The van der Waals surface area contributed by atoms with Crippen molar-refractivity contribution in [1.82, 2.24) is 0 Å². The SMILES string of the molecule is CCCCS[C@H]1CO[C@H]2[C@@H]1OC[C@H]2OC(=O)CCC. The van der Waals surface area contributed by atoms with Crippen molar-refractivity contribution >= 4 is 17.7 Å². The van der Waals surface area contributed by atoms with E-state index in [1.165, 1.54) is 12.8 Å². The van der Waals surface area contributed by atoms with Crippen LogP contribution in [0, 0.1) is 0 Å². The van der Waals surface area contributed by atoms with Crippen molar-refractivity contribution in [2.24, 2.45) is 0 Å². The van der Waals surface area contributed by atoms with Crippen LogP contribution in [0.1, 0.15) is 39.5 Å². The summed E-state index contributed by atoms with van der Waals surface area (Å²) in [5, 5.41) is 0.395. The summed E-state index contributed by atoms with van der Waals surface area (Å²) < 4.78 is 17.0. The molecule has 2 aliphatic heterocycles. The fourth-order valence-corrected chi connectivity index (χ4v) is 3.84. The van der Waals surface area contributed by atoms with Crippen molar-refractivity contribution in [3.63, 3.8) is 0 Å². The lowest BCUT2D eigenvalue weighted by atomic mass is 10.1. The summed E-state index contributed by atoms with van der Waals surface area (Å²) in [5.74, 6) is 1.01. The van der Waals surface area contributed by atoms with Gasteiger partial charge in [-0.25, -0.2) is 0 Å². The number of ether oxygens (including phenoxy) is 3. The summed E-state index contributed by atoms with van der Waals surface area (Å²) in [4.78, 5) is 11.5. The molecule has 0 aliphatic carbocycles. The Labute approximate surface area is 119 Å². The van der Waals surface area contributed by atoms with E-state index in [1.807, 2.05) is 18.7 Å². The van der Waals surface area contributed by atoms with Crippen molar-refractivity contribution in [2.75, 3.05) is 19.0 Å². The molecular weight excluding hydrogens is 264 g/mol. The number of fused-ring (bicyclic) bond motifs is 1. The Kier molecular flexibility index (Phi) is 5.98. The van der Waals surface area contributed by atoms with Gasteiger partial charge in [0.15, 0.2) is 6.10 Å². The van der Waals surface area contributed by atoms with Gasteiger partial charge in [0.2, 0.25) is 0 Å². The highest BCUT2D eigenvalue weighted by Gasteiger charge is 2.49. The molecule has 0 radical (unpaired) electrons. The van der Waals surface area contributed by atoms with Gasteiger partial charge in [-0.1, -0.05) is 20.3 Å². The van der Waals surface area contributed by atoms with Crippen LogP contribution >= 0.6 is 11.8 Å². The van der Waals surface area contributed by atoms with Gasteiger partial charge in [0, 0.05) is 6.42 Å². The fourth-order valence-electron chi connectivity index (χ4n) is 2.48. The van der Waals surface area contributed by atoms with Gasteiger partial charge in [0.1, 0.15) is 12.2 Å². The Morgan fingerprint density at radius 3 is 2.74 bits per heavy atom. The third kappa shape index (κ3) is 3.86. The molecule has 4 nitrogen and oxygen atoms in total. The summed E-state index contributed by atoms with van der Waals surface area (Å²) in [5.41, 5.74) is 0. The molecule has 2 rings (SSSR count). The number of hydrogen-bond donors (Lipinski definition) is 0. The highest BCUT2D eigenvalue weighted by Crippen LogP contribution is 2.35. The molecule has 0 bridgehead atoms. The second-order valence-electron chi connectivity index (χ2n) is 5.14. The van der Waals surface area contributed by atoms with Crippen LogP contribution in [0.25, 0.3) is 0 Å². The van der Waals surface area contributed by atoms with Crippen molar-refractivity contribution in [3.05, 3.63) is 0 Å². The summed E-state index contributed by atoms with van der Waals surface area (Å²) in [6, 6.07) is 0. The van der Waals surface area contributed by atoms with Crippen LogP contribution in [0.5, 0.6) is 0 Å². The molecule has 0 saturated carbocycles. The minimum Gasteiger partial charge on any atom is -0.457 e. The zero-order chi connectivity index (χ0) is 13.7. The number of carbonyl (C=O) groups excluding carboxylic acids is 1. The molecule has 0 N–H and O–H groups in total. The average molecular weight is 288 g/mol. The number of esters is 1. The van der Waals surface area contributed by atoms with Crippen LogP contribution in [0.15, 0.2) is 0 Å². The molecule has 2 heterocycles. The van der Waals surface area contributed by atoms with Crippen molar-refractivity contribution in [3.8, 4) is 0 Å². The lowest BCUT2D eigenvalue weighted by Crippen LogP contribution is -2.33. The maximum atomic E-state index is 11.5. The molecular formula is C14H24O4S. The summed E-state index contributed by atoms with van der Waals surface area (Å²) >= 11 is 1.93. The quantitative estimate of drug-likeness (QED) is 0.532. The zero-order valence-electron chi connectivity index (χ0n) is 11.8. The topological polar surface area (TPSA) is 44.8 Å². The fraction of sp³-hybridized carbons (Fsp3) is 0.929. The molecule has 2 aliphatic rings. The van der Waals surface area contributed by atoms with Crippen LogP contribution in [-0.2, 0) is 19.0 Å². The molecule has 110 valence electrons. The number of thioether (sulfide) groups is 1. The van der Waals surface area contributed by atoms with Gasteiger partial charge < -0.3 is 14.2 Å². The van der Waals surface area contributed by atoms with Crippen LogP contribution in [0.2, 0.25) is 0 Å². The van der Waals surface area contributed by atoms with E-state index in [0.717, 1.165) is 12.2 Å². The smallest absolute Gasteiger partial charge is 0.306 e. The Bertz CT molecular complexity index is 297. The molecule has 0 aromatic carbocycles. The van der Waals surface area contributed by atoms with E-state index >= 15 is 0 Å². The molecule has 0 unspecified atom stereocenters. The third-order valence-corrected chi connectivity index (χ3v) is 4.89. The van der Waals surface area contributed by atoms with Crippen molar-refractivity contribution < 1.29 is 19.0 Å². The summed E-state index contributed by atoms with van der Waals surface area (Å²) in [6.07, 6.45) is 3.57. The molecule has 2 saturated heterocycles. The van der Waals surface area contributed by atoms with Crippen LogP contribution in [0.3, 0.4) is 0 Å². The minimum atomic E-state index is -0.208. The van der Waals surface area contributed by atoms with Gasteiger partial charge in [-0.2, -0.15) is 11.8 Å². The first kappa shape index (κ1) is 15.1. The minimum absolute atomic E-state index is 0.0556. The molecule has 0 amide bonds. The normalized spacial score (nSPS) is 33.4. The monoisotopic (exact) mass is 288 g/mol. The number of carbonyl (C=O) groups is 1. The highest BCUT2D eigenvalue weighted by atomic mass is 32.2. The largest absolute Gasteiger partial charge is 0.457 e. The van der Waals surface area contributed by atoms with Crippen molar-refractivity contribution in [2.45, 2.75) is 63.1 Å². The summed E-state index contributed by atoms with van der Waals surface area (Å²) in [6.45, 7) is 5.37. The lowest BCUT2D eigenvalue weighted by Gasteiger charge is -2.16. The van der Waals surface area contributed by atoms with E-state index in [1.54, 1.807) is 0 Å². The second-order valence-corrected chi connectivity index (χ2v) is 6.48. The number of unbranched alkanes of at least 4 members (excludes halogenated alkanes) is 1. The first-order chi connectivity index (χ1) is 9.26. The van der Waals surface area contributed by atoms with E-state index < -0.39 is 0 Å². The van der Waals surface area contributed by atoms with E-state index in [2.05, 4.69) is 6.92 Å². The van der Waals surface area contributed by atoms with E-state index in [-0.39, 0.29) is 24.3 Å². The molecule has 5 heteroatoms. The van der Waals surface area contributed by atoms with Crippen LogP contribution in [0.4, 0.5) is 0 Å². The lowest BCUT2D eigenvalue weighted by molar-refractivity contribution is -0.153. The maximum absolute atomic E-state index is 11.5. The third-order valence-electron chi connectivity index (χ3n) is 3.53. The maximum Gasteiger partial charge on any atom is 0.306 e. The van der Waals surface area contributed by atoms with E-state index in [0.29, 0.717) is 24.9 Å². The Morgan fingerprint density at radius 1 is 1.21 bits per heavy atom. The summed E-state index contributed by atoms with van der Waals surface area (Å²) in [7, 11) is 0. The van der Waals surface area contributed by atoms with E-state index in [9.17, 15) is 4.79 Å². The van der Waals surface area contributed by atoms with Gasteiger partial charge in [0.05, 0.1) is 18.5 Å². The number of rotatable bonds is 7. The van der Waals surface area contributed by atoms with Gasteiger partial charge in [-0.15, -0.1) is 0 Å². The van der Waals surface area contributed by atoms with Gasteiger partial charge in [-0.3, -0.25) is 4.79 Å². The van der Waals surface area contributed by atoms with Gasteiger partial charge in [0.25, 0.3) is 0 Å². The highest BCUT2D eigenvalue weighted by molar-refractivity contribution is 8.00. The standard InChI is InChI=1S/C14H24O4S/c1-3-5-7-19-11-9-17-13-10(8-16-14(11)13)18-12(15)6-4-2/h10-11,13-14H,3-9H2,1-2H3/t10-,11+,13-,14-/m1/s1. The van der Waals surface area contributed by atoms with Crippen LogP contribution in [-0.4, -0.2) is 48.5 Å². The molecule has 0 aromatic rings. The Balaban J connectivity index is 1.78. The van der Waals surface area contributed by atoms with Gasteiger partial charge in [-0.05, 0) is 18.6 Å². The zero-order valence-corrected chi connectivity index (χ0v) is 12.6. The second kappa shape index (κ2) is 7.50. The Hall–Kier alpha value is -0.260. The first-order valence-corrected chi connectivity index (χ1v) is 8.35. The molecule has 4 atom stereocenters. The van der Waals surface area contributed by atoms with Crippen LogP contribution < -0.4 is 0 Å². The predicted molar refractivity (Wildman–Crippen MR) is 75.4 cm³/mol. The Morgan fingerprint density at radius 2 is 2.00 bits per heavy atom. The average Bonchev–Trinajstić information content (AvgIpc) is 2.94. The number of hydrogen-bond acceptors (Lipinski definition) is 5. The first-order valence-electron chi connectivity index (χ1n) is 7.30. The van der Waals surface area contributed by atoms with Gasteiger partial charge >= 0.3 is 5.97 Å². The predicted octanol–water partition coefficient (Wildman–Crippen LogP) is 2.40. The molecule has 0 spiro atoms. The van der Waals surface area contributed by atoms with Crippen molar-refractivity contribution in [1.29, 1.82) is 0 Å². The van der Waals surface area contributed by atoms with E-state index in [4.69, 9.17) is 14.2 Å². The molecule has 0 aromatic heterocycles.